The van der Waals surface area contributed by atoms with Crippen molar-refractivity contribution in [3.8, 4) is 11.5 Å². The Balaban J connectivity index is 1.66. The Morgan fingerprint density at radius 3 is 2.53 bits per heavy atom. The van der Waals surface area contributed by atoms with E-state index in [9.17, 15) is 13.2 Å². The molecule has 0 saturated heterocycles. The van der Waals surface area contributed by atoms with E-state index in [2.05, 4.69) is 10.3 Å². The summed E-state index contributed by atoms with van der Waals surface area (Å²) in [7, 11) is 1.57. The van der Waals surface area contributed by atoms with Gasteiger partial charge >= 0.3 is 6.18 Å². The molecule has 1 heterocycles. The smallest absolute Gasteiger partial charge is 0.416 e. The van der Waals surface area contributed by atoms with Gasteiger partial charge in [0.05, 0.1) is 12.7 Å². The number of nitrogens with one attached hydrogen (secondary N) is 1. The van der Waals surface area contributed by atoms with E-state index in [4.69, 9.17) is 9.47 Å². The zero-order valence-electron chi connectivity index (χ0n) is 16.7. The lowest BCUT2D eigenvalue weighted by atomic mass is 10.0. The van der Waals surface area contributed by atoms with Crippen LogP contribution in [0.2, 0.25) is 0 Å². The summed E-state index contributed by atoms with van der Waals surface area (Å²) in [5, 5.41) is 3.26. The molecule has 3 aromatic rings. The van der Waals surface area contributed by atoms with Gasteiger partial charge in [-0.3, -0.25) is 4.98 Å². The first-order valence-electron chi connectivity index (χ1n) is 9.46. The van der Waals surface area contributed by atoms with Crippen LogP contribution in [0.4, 0.5) is 13.2 Å². The van der Waals surface area contributed by atoms with E-state index >= 15 is 0 Å². The largest absolute Gasteiger partial charge is 0.493 e. The Morgan fingerprint density at radius 1 is 1.00 bits per heavy atom. The maximum Gasteiger partial charge on any atom is 0.416 e. The minimum absolute atomic E-state index is 0.255. The van der Waals surface area contributed by atoms with Crippen LogP contribution in [0.25, 0.3) is 0 Å². The Bertz CT molecular complexity index is 962. The molecular formula is C23H23F3N2O2. The average molecular weight is 416 g/mol. The van der Waals surface area contributed by atoms with E-state index in [1.807, 2.05) is 37.3 Å². The van der Waals surface area contributed by atoms with Gasteiger partial charge in [0.1, 0.15) is 6.61 Å². The Labute approximate surface area is 173 Å². The summed E-state index contributed by atoms with van der Waals surface area (Å²) in [5.41, 5.74) is 1.78. The summed E-state index contributed by atoms with van der Waals surface area (Å²) in [4.78, 5) is 4.06. The van der Waals surface area contributed by atoms with Gasteiger partial charge in [-0.25, -0.2) is 0 Å². The van der Waals surface area contributed by atoms with E-state index in [0.29, 0.717) is 30.2 Å². The van der Waals surface area contributed by atoms with Crippen molar-refractivity contribution >= 4 is 0 Å². The fourth-order valence-electron chi connectivity index (χ4n) is 2.96. The normalized spacial score (nSPS) is 12.4. The lowest BCUT2D eigenvalue weighted by Gasteiger charge is -2.17. The van der Waals surface area contributed by atoms with Crippen molar-refractivity contribution in [1.82, 2.24) is 10.3 Å². The van der Waals surface area contributed by atoms with Crippen LogP contribution in [0.15, 0.2) is 67.0 Å². The molecule has 3 rings (SSSR count). The van der Waals surface area contributed by atoms with Crippen molar-refractivity contribution in [2.75, 3.05) is 7.11 Å². The Hall–Kier alpha value is -3.06. The lowest BCUT2D eigenvalue weighted by Crippen LogP contribution is -2.19. The highest BCUT2D eigenvalue weighted by molar-refractivity contribution is 5.43. The average Bonchev–Trinajstić information content (AvgIpc) is 2.76. The molecule has 0 aliphatic heterocycles. The summed E-state index contributed by atoms with van der Waals surface area (Å²) < 4.78 is 50.1. The topological polar surface area (TPSA) is 43.4 Å². The van der Waals surface area contributed by atoms with Gasteiger partial charge in [0.2, 0.25) is 0 Å². The van der Waals surface area contributed by atoms with Gasteiger partial charge in [-0.2, -0.15) is 13.2 Å². The summed E-state index contributed by atoms with van der Waals surface area (Å²) in [5.74, 6) is 1.20. The van der Waals surface area contributed by atoms with Crippen LogP contribution in [0.3, 0.4) is 0 Å². The minimum atomic E-state index is -4.35. The van der Waals surface area contributed by atoms with E-state index in [-0.39, 0.29) is 6.04 Å². The molecule has 1 aromatic heterocycles. The van der Waals surface area contributed by atoms with Crippen LogP contribution in [0.5, 0.6) is 11.5 Å². The predicted molar refractivity (Wildman–Crippen MR) is 108 cm³/mol. The Morgan fingerprint density at radius 2 is 1.83 bits per heavy atom. The third kappa shape index (κ3) is 5.73. The molecule has 0 amide bonds. The van der Waals surface area contributed by atoms with Gasteiger partial charge in [-0.05, 0) is 48.4 Å². The quantitative estimate of drug-likeness (QED) is 0.524. The molecule has 0 saturated carbocycles. The van der Waals surface area contributed by atoms with Gasteiger partial charge in [-0.15, -0.1) is 0 Å². The second kappa shape index (κ2) is 9.63. The number of alkyl halides is 3. The SMILES string of the molecule is COc1ccc(CN[C@H](C)c2cccc(C(F)(F)F)c2)cc1OCc1cccnc1. The highest BCUT2D eigenvalue weighted by Crippen LogP contribution is 2.31. The summed E-state index contributed by atoms with van der Waals surface area (Å²) in [6.07, 6.45) is -0.928. The molecule has 0 spiro atoms. The molecule has 4 nitrogen and oxygen atoms in total. The number of halogens is 3. The summed E-state index contributed by atoms with van der Waals surface area (Å²) in [6.45, 7) is 2.64. The maximum absolute atomic E-state index is 12.9. The van der Waals surface area contributed by atoms with Gasteiger partial charge in [0, 0.05) is 30.5 Å². The first kappa shape index (κ1) is 21.6. The van der Waals surface area contributed by atoms with Crippen molar-refractivity contribution in [2.24, 2.45) is 0 Å². The van der Waals surface area contributed by atoms with Crippen molar-refractivity contribution < 1.29 is 22.6 Å². The monoisotopic (exact) mass is 416 g/mol. The molecule has 0 radical (unpaired) electrons. The summed E-state index contributed by atoms with van der Waals surface area (Å²) >= 11 is 0. The van der Waals surface area contributed by atoms with Crippen LogP contribution < -0.4 is 14.8 Å². The first-order valence-corrected chi connectivity index (χ1v) is 9.46. The first-order chi connectivity index (χ1) is 14.4. The van der Waals surface area contributed by atoms with E-state index in [1.165, 1.54) is 12.1 Å². The predicted octanol–water partition coefficient (Wildman–Crippen LogP) is 5.54. The van der Waals surface area contributed by atoms with Gasteiger partial charge in [-0.1, -0.05) is 24.3 Å². The number of ether oxygens (including phenoxy) is 2. The van der Waals surface area contributed by atoms with Crippen LogP contribution >= 0.6 is 0 Å². The fourth-order valence-corrected chi connectivity index (χ4v) is 2.96. The third-order valence-electron chi connectivity index (χ3n) is 4.67. The number of nitrogens with zero attached hydrogens (tertiary/aromatic N) is 1. The van der Waals surface area contributed by atoms with Gasteiger partial charge in [0.25, 0.3) is 0 Å². The Kier molecular flexibility index (Phi) is 6.95. The molecule has 0 fully saturated rings. The van der Waals surface area contributed by atoms with Crippen molar-refractivity contribution in [3.05, 3.63) is 89.2 Å². The fraction of sp³-hybridized carbons (Fsp3) is 0.261. The van der Waals surface area contributed by atoms with Crippen molar-refractivity contribution in [1.29, 1.82) is 0 Å². The van der Waals surface area contributed by atoms with Crippen molar-refractivity contribution in [3.63, 3.8) is 0 Å². The molecule has 0 aliphatic rings. The molecule has 0 bridgehead atoms. The van der Waals surface area contributed by atoms with Crippen LogP contribution in [-0.2, 0) is 19.3 Å². The number of hydrogen-bond acceptors (Lipinski definition) is 4. The second-order valence-corrected chi connectivity index (χ2v) is 6.86. The highest BCUT2D eigenvalue weighted by atomic mass is 19.4. The van der Waals surface area contributed by atoms with Crippen LogP contribution in [-0.4, -0.2) is 12.1 Å². The number of pyridine rings is 1. The van der Waals surface area contributed by atoms with E-state index < -0.39 is 11.7 Å². The molecule has 0 aliphatic carbocycles. The van der Waals surface area contributed by atoms with Crippen LogP contribution in [0.1, 0.15) is 35.2 Å². The van der Waals surface area contributed by atoms with Gasteiger partial charge < -0.3 is 14.8 Å². The zero-order valence-corrected chi connectivity index (χ0v) is 16.7. The highest BCUT2D eigenvalue weighted by Gasteiger charge is 2.30. The molecule has 30 heavy (non-hydrogen) atoms. The molecule has 2 aromatic carbocycles. The molecular weight excluding hydrogens is 393 g/mol. The van der Waals surface area contributed by atoms with E-state index in [0.717, 1.165) is 17.2 Å². The number of rotatable bonds is 8. The molecule has 1 atom stereocenters. The van der Waals surface area contributed by atoms with E-state index in [1.54, 1.807) is 25.6 Å². The minimum Gasteiger partial charge on any atom is -0.493 e. The molecule has 7 heteroatoms. The lowest BCUT2D eigenvalue weighted by molar-refractivity contribution is -0.137. The summed E-state index contributed by atoms with van der Waals surface area (Å²) in [6, 6.07) is 14.4. The number of methoxy groups -OCH3 is 1. The van der Waals surface area contributed by atoms with Crippen LogP contribution in [0, 0.1) is 0 Å². The molecule has 0 unspecified atom stereocenters. The van der Waals surface area contributed by atoms with Crippen molar-refractivity contribution in [2.45, 2.75) is 32.3 Å². The third-order valence-corrected chi connectivity index (χ3v) is 4.67. The van der Waals surface area contributed by atoms with Gasteiger partial charge in [0.15, 0.2) is 11.5 Å². The molecule has 158 valence electrons. The second-order valence-electron chi connectivity index (χ2n) is 6.86. The standard InChI is InChI=1S/C23H23F3N2O2/c1-16(19-6-3-7-20(12-19)23(24,25)26)28-14-17-8-9-21(29-2)22(11-17)30-15-18-5-4-10-27-13-18/h3-13,16,28H,14-15H2,1-2H3/t16-/m1/s1. The zero-order chi connectivity index (χ0) is 21.6. The number of aromatic nitrogens is 1. The maximum atomic E-state index is 12.9. The number of hydrogen-bond donors (Lipinski definition) is 1. The molecule has 1 N–H and O–H groups in total. The number of benzene rings is 2.